The minimum absolute atomic E-state index is 0.0213. The number of carbonyl (C=O) groups is 1. The molecule has 3 heterocycles. The van der Waals surface area contributed by atoms with E-state index in [0.717, 1.165) is 31.9 Å². The molecule has 0 saturated carbocycles. The van der Waals surface area contributed by atoms with Gasteiger partial charge < -0.3 is 9.84 Å². The van der Waals surface area contributed by atoms with E-state index in [-0.39, 0.29) is 5.91 Å². The number of nitrogens with one attached hydrogen (secondary N) is 2. The van der Waals surface area contributed by atoms with Crippen molar-refractivity contribution in [3.63, 3.8) is 0 Å². The maximum absolute atomic E-state index is 12.1. The van der Waals surface area contributed by atoms with Crippen LogP contribution in [0.15, 0.2) is 10.6 Å². The van der Waals surface area contributed by atoms with Crippen LogP contribution in [0.4, 0.5) is 5.88 Å². The summed E-state index contributed by atoms with van der Waals surface area (Å²) in [6, 6.07) is 1.74. The van der Waals surface area contributed by atoms with Gasteiger partial charge in [0.25, 0.3) is 0 Å². The summed E-state index contributed by atoms with van der Waals surface area (Å²) in [7, 11) is 0. The summed E-state index contributed by atoms with van der Waals surface area (Å²) in [5, 5.41) is 10.1. The lowest BCUT2D eigenvalue weighted by Crippen LogP contribution is -2.52. The highest BCUT2D eigenvalue weighted by molar-refractivity contribution is 5.90. The summed E-state index contributed by atoms with van der Waals surface area (Å²) in [5.74, 6) is 0.413. The van der Waals surface area contributed by atoms with Crippen LogP contribution in [0.3, 0.4) is 0 Å². The number of piperidine rings is 2. The van der Waals surface area contributed by atoms with Crippen LogP contribution in [0, 0.1) is 12.3 Å². The van der Waals surface area contributed by atoms with Gasteiger partial charge in [0.2, 0.25) is 11.8 Å². The molecule has 1 spiro atoms. The molecule has 116 valence electrons. The van der Waals surface area contributed by atoms with E-state index in [2.05, 4.69) is 20.7 Å². The molecule has 2 aliphatic rings. The van der Waals surface area contributed by atoms with Crippen molar-refractivity contribution < 1.29 is 9.32 Å². The third kappa shape index (κ3) is 3.63. The molecule has 2 saturated heterocycles. The maximum atomic E-state index is 12.1. The Morgan fingerprint density at radius 3 is 3.10 bits per heavy atom. The lowest BCUT2D eigenvalue weighted by molar-refractivity contribution is -0.118. The zero-order valence-electron chi connectivity index (χ0n) is 12.7. The van der Waals surface area contributed by atoms with Crippen LogP contribution in [0.2, 0.25) is 0 Å². The first-order valence-corrected chi connectivity index (χ1v) is 7.82. The van der Waals surface area contributed by atoms with Crippen LogP contribution in [-0.2, 0) is 4.79 Å². The molecule has 1 atom stereocenters. The zero-order chi connectivity index (χ0) is 14.7. The fraction of sp³-hybridized carbons (Fsp3) is 0.733. The summed E-state index contributed by atoms with van der Waals surface area (Å²) in [4.78, 5) is 14.4. The van der Waals surface area contributed by atoms with Gasteiger partial charge in [-0.2, -0.15) is 0 Å². The smallest absolute Gasteiger partial charge is 0.240 e. The first-order chi connectivity index (χ1) is 10.2. The number of likely N-dealkylation sites (tertiary alicyclic amines) is 1. The summed E-state index contributed by atoms with van der Waals surface area (Å²) >= 11 is 0. The van der Waals surface area contributed by atoms with Crippen molar-refractivity contribution in [3.8, 4) is 0 Å². The Kier molecular flexibility index (Phi) is 4.26. The van der Waals surface area contributed by atoms with Crippen LogP contribution in [0.5, 0.6) is 0 Å². The fourth-order valence-electron chi connectivity index (χ4n) is 3.63. The third-order valence-corrected chi connectivity index (χ3v) is 4.56. The average Bonchev–Trinajstić information content (AvgIpc) is 2.85. The van der Waals surface area contributed by atoms with Crippen molar-refractivity contribution in [1.82, 2.24) is 15.4 Å². The second-order valence-corrected chi connectivity index (χ2v) is 6.48. The Hall–Kier alpha value is -1.40. The van der Waals surface area contributed by atoms with Crippen LogP contribution < -0.4 is 10.6 Å². The number of hydrogen-bond donors (Lipinski definition) is 2. The first kappa shape index (κ1) is 14.5. The van der Waals surface area contributed by atoms with Crippen molar-refractivity contribution >= 4 is 11.8 Å². The van der Waals surface area contributed by atoms with Crippen LogP contribution >= 0.6 is 0 Å². The van der Waals surface area contributed by atoms with Gasteiger partial charge >= 0.3 is 0 Å². The topological polar surface area (TPSA) is 70.4 Å². The Labute approximate surface area is 125 Å². The summed E-state index contributed by atoms with van der Waals surface area (Å²) in [6.45, 7) is 6.51. The zero-order valence-corrected chi connectivity index (χ0v) is 12.7. The number of aryl methyl sites for hydroxylation is 1. The molecule has 1 unspecified atom stereocenters. The highest BCUT2D eigenvalue weighted by Gasteiger charge is 2.36. The van der Waals surface area contributed by atoms with Gasteiger partial charge in [-0.1, -0.05) is 5.16 Å². The van der Waals surface area contributed by atoms with Crippen molar-refractivity contribution in [2.45, 2.75) is 32.6 Å². The number of nitrogens with zero attached hydrogens (tertiary/aromatic N) is 2. The lowest BCUT2D eigenvalue weighted by Gasteiger charge is -2.45. The number of amides is 1. The van der Waals surface area contributed by atoms with Gasteiger partial charge in [0, 0.05) is 19.2 Å². The molecule has 1 aromatic heterocycles. The second-order valence-electron chi connectivity index (χ2n) is 6.48. The van der Waals surface area contributed by atoms with E-state index in [0.29, 0.717) is 17.8 Å². The van der Waals surface area contributed by atoms with E-state index in [1.807, 2.05) is 6.92 Å². The van der Waals surface area contributed by atoms with Crippen molar-refractivity contribution in [2.75, 3.05) is 38.0 Å². The second kappa shape index (κ2) is 6.15. The van der Waals surface area contributed by atoms with E-state index in [1.54, 1.807) is 6.07 Å². The predicted molar refractivity (Wildman–Crippen MR) is 80.1 cm³/mol. The number of rotatable bonds is 3. The molecule has 2 aliphatic heterocycles. The van der Waals surface area contributed by atoms with Crippen molar-refractivity contribution in [1.29, 1.82) is 0 Å². The standard InChI is InChI=1S/C15H24N4O2/c1-12-8-14(21-18-12)17-13(20)9-19-7-3-5-15(11-19)4-2-6-16-10-15/h8,16H,2-7,9-11H2,1H3,(H,17,20). The van der Waals surface area contributed by atoms with E-state index in [9.17, 15) is 4.79 Å². The number of hydrogen-bond acceptors (Lipinski definition) is 5. The van der Waals surface area contributed by atoms with E-state index < -0.39 is 0 Å². The molecule has 0 aromatic carbocycles. The van der Waals surface area contributed by atoms with Crippen molar-refractivity contribution in [2.24, 2.45) is 5.41 Å². The van der Waals surface area contributed by atoms with E-state index in [1.165, 1.54) is 25.7 Å². The molecule has 1 amide bonds. The maximum Gasteiger partial charge on any atom is 0.240 e. The van der Waals surface area contributed by atoms with Gasteiger partial charge in [-0.15, -0.1) is 0 Å². The Morgan fingerprint density at radius 2 is 2.38 bits per heavy atom. The normalized spacial score (nSPS) is 26.9. The molecule has 1 aromatic rings. The molecule has 0 aliphatic carbocycles. The minimum Gasteiger partial charge on any atom is -0.338 e. The number of aromatic nitrogens is 1. The predicted octanol–water partition coefficient (Wildman–Crippen LogP) is 1.39. The molecule has 2 N–H and O–H groups in total. The monoisotopic (exact) mass is 292 g/mol. The molecule has 0 radical (unpaired) electrons. The van der Waals surface area contributed by atoms with Crippen LogP contribution in [0.1, 0.15) is 31.4 Å². The third-order valence-electron chi connectivity index (χ3n) is 4.56. The molecule has 0 bridgehead atoms. The fourth-order valence-corrected chi connectivity index (χ4v) is 3.63. The Balaban J connectivity index is 1.53. The molecule has 21 heavy (non-hydrogen) atoms. The van der Waals surface area contributed by atoms with Crippen molar-refractivity contribution in [3.05, 3.63) is 11.8 Å². The van der Waals surface area contributed by atoms with E-state index >= 15 is 0 Å². The largest absolute Gasteiger partial charge is 0.338 e. The SMILES string of the molecule is Cc1cc(NC(=O)CN2CCCC3(CCCNC3)C2)on1. The van der Waals surface area contributed by atoms with Gasteiger partial charge in [-0.25, -0.2) is 0 Å². The van der Waals surface area contributed by atoms with Gasteiger partial charge in [0.05, 0.1) is 12.2 Å². The highest BCUT2D eigenvalue weighted by atomic mass is 16.5. The number of carbonyl (C=O) groups excluding carboxylic acids is 1. The minimum atomic E-state index is -0.0213. The van der Waals surface area contributed by atoms with Crippen LogP contribution in [0.25, 0.3) is 0 Å². The Morgan fingerprint density at radius 1 is 1.52 bits per heavy atom. The average molecular weight is 292 g/mol. The molecule has 6 heteroatoms. The van der Waals surface area contributed by atoms with Gasteiger partial charge in [0.15, 0.2) is 0 Å². The molecule has 2 fully saturated rings. The van der Waals surface area contributed by atoms with Gasteiger partial charge in [0.1, 0.15) is 0 Å². The quantitative estimate of drug-likeness (QED) is 0.881. The van der Waals surface area contributed by atoms with Gasteiger partial charge in [-0.3, -0.25) is 15.0 Å². The number of anilines is 1. The first-order valence-electron chi connectivity index (χ1n) is 7.82. The Bertz CT molecular complexity index is 488. The molecular formula is C15H24N4O2. The lowest BCUT2D eigenvalue weighted by atomic mass is 9.74. The van der Waals surface area contributed by atoms with Crippen LogP contribution in [-0.4, -0.2) is 48.7 Å². The summed E-state index contributed by atoms with van der Waals surface area (Å²) in [6.07, 6.45) is 4.98. The summed E-state index contributed by atoms with van der Waals surface area (Å²) < 4.78 is 5.02. The van der Waals surface area contributed by atoms with Gasteiger partial charge in [-0.05, 0) is 51.1 Å². The highest BCUT2D eigenvalue weighted by Crippen LogP contribution is 2.35. The van der Waals surface area contributed by atoms with E-state index in [4.69, 9.17) is 4.52 Å². The molecular weight excluding hydrogens is 268 g/mol. The molecule has 6 nitrogen and oxygen atoms in total. The summed E-state index contributed by atoms with van der Waals surface area (Å²) in [5.41, 5.74) is 1.15. The molecule has 3 rings (SSSR count).